The third-order valence-corrected chi connectivity index (χ3v) is 3.72. The highest BCUT2D eigenvalue weighted by molar-refractivity contribution is 5.09. The van der Waals surface area contributed by atoms with Crippen molar-refractivity contribution >= 4 is 0 Å². The van der Waals surface area contributed by atoms with Crippen molar-refractivity contribution in [3.05, 3.63) is 48.0 Å². The van der Waals surface area contributed by atoms with Gasteiger partial charge < -0.3 is 4.74 Å². The summed E-state index contributed by atoms with van der Waals surface area (Å²) in [5.41, 5.74) is 2.36. The van der Waals surface area contributed by atoms with E-state index in [4.69, 9.17) is 4.74 Å². The van der Waals surface area contributed by atoms with Crippen LogP contribution in [-0.2, 0) is 6.54 Å². The molecule has 0 radical (unpaired) electrons. The SMILES string of the molecule is Cc1cnc(OC2CCN(Cc3ccncc3)CC2)nc1. The van der Waals surface area contributed by atoms with Crippen LogP contribution in [0.15, 0.2) is 36.9 Å². The summed E-state index contributed by atoms with van der Waals surface area (Å²) in [7, 11) is 0. The minimum absolute atomic E-state index is 0.224. The molecule has 110 valence electrons. The number of likely N-dealkylation sites (tertiary alicyclic amines) is 1. The molecule has 0 aliphatic carbocycles. The molecule has 5 nitrogen and oxygen atoms in total. The van der Waals surface area contributed by atoms with E-state index >= 15 is 0 Å². The van der Waals surface area contributed by atoms with Crippen molar-refractivity contribution in [2.24, 2.45) is 0 Å². The molecule has 0 spiro atoms. The lowest BCUT2D eigenvalue weighted by Crippen LogP contribution is -2.38. The van der Waals surface area contributed by atoms with Crippen LogP contribution in [0, 0.1) is 6.92 Å². The largest absolute Gasteiger partial charge is 0.460 e. The fourth-order valence-corrected chi connectivity index (χ4v) is 2.52. The lowest BCUT2D eigenvalue weighted by atomic mass is 10.1. The van der Waals surface area contributed by atoms with E-state index in [2.05, 4.69) is 32.0 Å². The molecule has 5 heteroatoms. The number of aromatic nitrogens is 3. The molecule has 21 heavy (non-hydrogen) atoms. The summed E-state index contributed by atoms with van der Waals surface area (Å²) in [5.74, 6) is 0. The van der Waals surface area contributed by atoms with Gasteiger partial charge in [-0.1, -0.05) is 0 Å². The van der Waals surface area contributed by atoms with Crippen LogP contribution in [-0.4, -0.2) is 39.0 Å². The van der Waals surface area contributed by atoms with Crippen LogP contribution in [0.25, 0.3) is 0 Å². The molecule has 1 aliphatic heterocycles. The van der Waals surface area contributed by atoms with Crippen LogP contribution in [0.1, 0.15) is 24.0 Å². The van der Waals surface area contributed by atoms with Crippen LogP contribution >= 0.6 is 0 Å². The zero-order valence-electron chi connectivity index (χ0n) is 12.3. The normalized spacial score (nSPS) is 16.8. The third-order valence-electron chi connectivity index (χ3n) is 3.72. The Morgan fingerprint density at radius 2 is 1.81 bits per heavy atom. The minimum Gasteiger partial charge on any atom is -0.460 e. The predicted molar refractivity (Wildman–Crippen MR) is 79.9 cm³/mol. The summed E-state index contributed by atoms with van der Waals surface area (Å²) in [6, 6.07) is 4.64. The molecule has 1 saturated heterocycles. The second-order valence-corrected chi connectivity index (χ2v) is 5.49. The van der Waals surface area contributed by atoms with Gasteiger partial charge >= 0.3 is 6.01 Å². The van der Waals surface area contributed by atoms with E-state index in [0.29, 0.717) is 6.01 Å². The molecule has 0 bridgehead atoms. The third kappa shape index (κ3) is 3.98. The summed E-state index contributed by atoms with van der Waals surface area (Å²) in [4.78, 5) is 14.9. The standard InChI is InChI=1S/C16H20N4O/c1-13-10-18-16(19-11-13)21-15-4-8-20(9-5-15)12-14-2-6-17-7-3-14/h2-3,6-7,10-11,15H,4-5,8-9,12H2,1H3. The second kappa shape index (κ2) is 6.63. The number of aryl methyl sites for hydroxylation is 1. The van der Waals surface area contributed by atoms with E-state index in [9.17, 15) is 0 Å². The van der Waals surface area contributed by atoms with Gasteiger partial charge in [-0.2, -0.15) is 0 Å². The van der Waals surface area contributed by atoms with E-state index in [1.165, 1.54) is 5.56 Å². The zero-order chi connectivity index (χ0) is 14.5. The first kappa shape index (κ1) is 13.9. The first-order chi connectivity index (χ1) is 10.3. The molecule has 0 atom stereocenters. The van der Waals surface area contributed by atoms with Gasteiger partial charge in [0.15, 0.2) is 0 Å². The first-order valence-electron chi connectivity index (χ1n) is 7.36. The van der Waals surface area contributed by atoms with Crippen LogP contribution in [0.3, 0.4) is 0 Å². The molecule has 0 N–H and O–H groups in total. The van der Waals surface area contributed by atoms with Gasteiger partial charge in [0, 0.05) is 44.4 Å². The van der Waals surface area contributed by atoms with Gasteiger partial charge in [0.1, 0.15) is 6.10 Å². The van der Waals surface area contributed by atoms with E-state index in [1.807, 2.05) is 19.3 Å². The van der Waals surface area contributed by atoms with Crippen molar-refractivity contribution in [2.75, 3.05) is 13.1 Å². The maximum Gasteiger partial charge on any atom is 0.316 e. The number of hydrogen-bond acceptors (Lipinski definition) is 5. The Bertz CT molecular complexity index is 550. The van der Waals surface area contributed by atoms with E-state index < -0.39 is 0 Å². The molecule has 0 amide bonds. The maximum absolute atomic E-state index is 5.85. The maximum atomic E-state index is 5.85. The molecular weight excluding hydrogens is 264 g/mol. The number of pyridine rings is 1. The lowest BCUT2D eigenvalue weighted by Gasteiger charge is -2.31. The summed E-state index contributed by atoms with van der Waals surface area (Å²) in [6.07, 6.45) is 9.54. The number of hydrogen-bond donors (Lipinski definition) is 0. The lowest BCUT2D eigenvalue weighted by molar-refractivity contribution is 0.0892. The molecular formula is C16H20N4O. The highest BCUT2D eigenvalue weighted by atomic mass is 16.5. The molecule has 0 saturated carbocycles. The minimum atomic E-state index is 0.224. The fraction of sp³-hybridized carbons (Fsp3) is 0.438. The zero-order valence-corrected chi connectivity index (χ0v) is 12.3. The molecule has 1 aliphatic rings. The number of piperidine rings is 1. The quantitative estimate of drug-likeness (QED) is 0.861. The number of ether oxygens (including phenoxy) is 1. The Hall–Kier alpha value is -2.01. The van der Waals surface area contributed by atoms with Gasteiger partial charge in [-0.15, -0.1) is 0 Å². The monoisotopic (exact) mass is 284 g/mol. The van der Waals surface area contributed by atoms with Crippen molar-refractivity contribution in [1.29, 1.82) is 0 Å². The van der Waals surface area contributed by atoms with Gasteiger partial charge in [0.25, 0.3) is 0 Å². The van der Waals surface area contributed by atoms with E-state index in [1.54, 1.807) is 12.4 Å². The Kier molecular flexibility index (Phi) is 4.40. The van der Waals surface area contributed by atoms with Crippen molar-refractivity contribution in [1.82, 2.24) is 19.9 Å². The van der Waals surface area contributed by atoms with Gasteiger partial charge in [-0.3, -0.25) is 9.88 Å². The molecule has 0 unspecified atom stereocenters. The molecule has 0 aromatic carbocycles. The Morgan fingerprint density at radius 3 is 2.48 bits per heavy atom. The summed E-state index contributed by atoms with van der Waals surface area (Å²) < 4.78 is 5.85. The van der Waals surface area contributed by atoms with Crippen LogP contribution in [0.4, 0.5) is 0 Å². The molecule has 1 fully saturated rings. The van der Waals surface area contributed by atoms with Gasteiger partial charge in [0.2, 0.25) is 0 Å². The predicted octanol–water partition coefficient (Wildman–Crippen LogP) is 2.22. The highest BCUT2D eigenvalue weighted by Crippen LogP contribution is 2.17. The Labute approximate surface area is 125 Å². The van der Waals surface area contributed by atoms with Crippen molar-refractivity contribution in [3.63, 3.8) is 0 Å². The van der Waals surface area contributed by atoms with Crippen molar-refractivity contribution in [3.8, 4) is 6.01 Å². The fourth-order valence-electron chi connectivity index (χ4n) is 2.52. The van der Waals surface area contributed by atoms with Gasteiger partial charge in [-0.05, 0) is 43.0 Å². The summed E-state index contributed by atoms with van der Waals surface area (Å²) in [5, 5.41) is 0. The highest BCUT2D eigenvalue weighted by Gasteiger charge is 2.21. The van der Waals surface area contributed by atoms with Crippen molar-refractivity contribution in [2.45, 2.75) is 32.4 Å². The Morgan fingerprint density at radius 1 is 1.14 bits per heavy atom. The first-order valence-corrected chi connectivity index (χ1v) is 7.36. The second-order valence-electron chi connectivity index (χ2n) is 5.49. The molecule has 3 rings (SSSR count). The average molecular weight is 284 g/mol. The van der Waals surface area contributed by atoms with Crippen LogP contribution in [0.2, 0.25) is 0 Å². The average Bonchev–Trinajstić information content (AvgIpc) is 2.53. The van der Waals surface area contributed by atoms with Crippen LogP contribution in [0.5, 0.6) is 6.01 Å². The summed E-state index contributed by atoms with van der Waals surface area (Å²) >= 11 is 0. The molecule has 2 aromatic rings. The van der Waals surface area contributed by atoms with Gasteiger partial charge in [-0.25, -0.2) is 9.97 Å². The Balaban J connectivity index is 1.47. The molecule has 3 heterocycles. The molecule has 2 aromatic heterocycles. The summed E-state index contributed by atoms with van der Waals surface area (Å²) in [6.45, 7) is 5.04. The van der Waals surface area contributed by atoms with Crippen molar-refractivity contribution < 1.29 is 4.74 Å². The van der Waals surface area contributed by atoms with E-state index in [-0.39, 0.29) is 6.10 Å². The van der Waals surface area contributed by atoms with Gasteiger partial charge in [0.05, 0.1) is 0 Å². The smallest absolute Gasteiger partial charge is 0.316 e. The van der Waals surface area contributed by atoms with E-state index in [0.717, 1.165) is 38.0 Å². The number of rotatable bonds is 4. The topological polar surface area (TPSA) is 51.1 Å². The van der Waals surface area contributed by atoms with Crippen LogP contribution < -0.4 is 4.74 Å². The number of nitrogens with zero attached hydrogens (tertiary/aromatic N) is 4.